The molecular formula is C12H17N5O. The Morgan fingerprint density at radius 3 is 3.00 bits per heavy atom. The normalized spacial score (nSPS) is 12.3. The average Bonchev–Trinajstić information content (AvgIpc) is 2.90. The molecule has 96 valence electrons. The van der Waals surface area contributed by atoms with Gasteiger partial charge in [-0.3, -0.25) is 0 Å². The van der Waals surface area contributed by atoms with Crippen LogP contribution in [0.4, 0.5) is 0 Å². The van der Waals surface area contributed by atoms with Crippen molar-refractivity contribution >= 4 is 0 Å². The van der Waals surface area contributed by atoms with Crippen molar-refractivity contribution < 1.29 is 4.74 Å². The van der Waals surface area contributed by atoms with Crippen LogP contribution >= 0.6 is 0 Å². The lowest BCUT2D eigenvalue weighted by molar-refractivity contribution is 0.339. The summed E-state index contributed by atoms with van der Waals surface area (Å²) in [6, 6.07) is 7.98. The van der Waals surface area contributed by atoms with Crippen LogP contribution in [0.5, 0.6) is 5.75 Å². The predicted molar refractivity (Wildman–Crippen MR) is 67.6 cm³/mol. The Bertz CT molecular complexity index is 471. The molecule has 1 heterocycles. The van der Waals surface area contributed by atoms with Crippen molar-refractivity contribution in [3.05, 3.63) is 35.7 Å². The first-order valence-corrected chi connectivity index (χ1v) is 5.95. The minimum Gasteiger partial charge on any atom is -0.494 e. The number of likely N-dealkylation sites (N-methyl/N-ethyl adjacent to an activating group) is 1. The zero-order valence-electron chi connectivity index (χ0n) is 10.6. The number of hydrogen-bond acceptors (Lipinski definition) is 5. The molecule has 1 atom stereocenters. The van der Waals surface area contributed by atoms with E-state index in [2.05, 4.69) is 25.9 Å². The van der Waals surface area contributed by atoms with Gasteiger partial charge in [0.1, 0.15) is 5.75 Å². The van der Waals surface area contributed by atoms with Crippen LogP contribution in [0.2, 0.25) is 0 Å². The van der Waals surface area contributed by atoms with Crippen molar-refractivity contribution in [1.82, 2.24) is 25.9 Å². The van der Waals surface area contributed by atoms with Gasteiger partial charge in [-0.15, -0.1) is 10.2 Å². The first-order valence-electron chi connectivity index (χ1n) is 5.95. The molecule has 6 heteroatoms. The molecule has 0 radical (unpaired) electrons. The first kappa shape index (κ1) is 12.5. The number of nitrogens with one attached hydrogen (secondary N) is 2. The van der Waals surface area contributed by atoms with Gasteiger partial charge in [-0.1, -0.05) is 17.3 Å². The van der Waals surface area contributed by atoms with Crippen LogP contribution in [0.15, 0.2) is 24.3 Å². The SMILES string of the molecule is CCOc1cccc(C(CNC)c2nn[nH]n2)c1. The minimum atomic E-state index is 0.0640. The maximum absolute atomic E-state index is 5.51. The quantitative estimate of drug-likeness (QED) is 0.795. The highest BCUT2D eigenvalue weighted by atomic mass is 16.5. The van der Waals surface area contributed by atoms with E-state index < -0.39 is 0 Å². The molecule has 1 aromatic carbocycles. The fourth-order valence-electron chi connectivity index (χ4n) is 1.87. The summed E-state index contributed by atoms with van der Waals surface area (Å²) < 4.78 is 5.51. The van der Waals surface area contributed by atoms with Gasteiger partial charge in [0.05, 0.1) is 12.5 Å². The van der Waals surface area contributed by atoms with Gasteiger partial charge in [0.15, 0.2) is 5.82 Å². The van der Waals surface area contributed by atoms with Crippen molar-refractivity contribution in [2.24, 2.45) is 0 Å². The monoisotopic (exact) mass is 247 g/mol. The van der Waals surface area contributed by atoms with Gasteiger partial charge in [-0.25, -0.2) is 0 Å². The highest BCUT2D eigenvalue weighted by Gasteiger charge is 2.18. The zero-order valence-corrected chi connectivity index (χ0v) is 10.6. The van der Waals surface area contributed by atoms with Crippen LogP contribution in [0, 0.1) is 0 Å². The molecule has 6 nitrogen and oxygen atoms in total. The van der Waals surface area contributed by atoms with E-state index in [1.54, 1.807) is 0 Å². The standard InChI is InChI=1S/C12H17N5O/c1-3-18-10-6-4-5-9(7-10)11(8-13-2)12-14-16-17-15-12/h4-7,11,13H,3,8H2,1-2H3,(H,14,15,16,17). The van der Waals surface area contributed by atoms with Crippen molar-refractivity contribution in [2.45, 2.75) is 12.8 Å². The van der Waals surface area contributed by atoms with Crippen molar-refractivity contribution in [3.8, 4) is 5.75 Å². The number of aromatic amines is 1. The lowest BCUT2D eigenvalue weighted by Crippen LogP contribution is -2.19. The van der Waals surface area contributed by atoms with Crippen LogP contribution in [0.25, 0.3) is 0 Å². The summed E-state index contributed by atoms with van der Waals surface area (Å²) >= 11 is 0. The molecule has 0 aliphatic carbocycles. The summed E-state index contributed by atoms with van der Waals surface area (Å²) in [7, 11) is 1.90. The molecule has 0 saturated heterocycles. The maximum atomic E-state index is 5.51. The van der Waals surface area contributed by atoms with Crippen LogP contribution < -0.4 is 10.1 Å². The number of rotatable bonds is 6. The molecule has 0 aliphatic heterocycles. The molecule has 18 heavy (non-hydrogen) atoms. The molecule has 2 rings (SSSR count). The molecule has 0 fully saturated rings. The molecule has 2 aromatic rings. The molecule has 0 bridgehead atoms. The molecule has 0 saturated carbocycles. The van der Waals surface area contributed by atoms with Crippen LogP contribution in [-0.4, -0.2) is 40.8 Å². The van der Waals surface area contributed by atoms with Crippen molar-refractivity contribution in [3.63, 3.8) is 0 Å². The van der Waals surface area contributed by atoms with Gasteiger partial charge in [0, 0.05) is 6.54 Å². The Kier molecular flexibility index (Phi) is 4.25. The van der Waals surface area contributed by atoms with Gasteiger partial charge in [-0.2, -0.15) is 5.21 Å². The summed E-state index contributed by atoms with van der Waals surface area (Å²) in [5.41, 5.74) is 1.11. The third-order valence-corrected chi connectivity index (χ3v) is 2.65. The predicted octanol–water partition coefficient (Wildman–Crippen LogP) is 0.950. The van der Waals surface area contributed by atoms with Crippen LogP contribution in [-0.2, 0) is 0 Å². The number of ether oxygens (including phenoxy) is 1. The summed E-state index contributed by atoms with van der Waals surface area (Å²) in [4.78, 5) is 0. The molecular weight excluding hydrogens is 230 g/mol. The fraction of sp³-hybridized carbons (Fsp3) is 0.417. The highest BCUT2D eigenvalue weighted by molar-refractivity contribution is 5.33. The second-order valence-corrected chi connectivity index (χ2v) is 3.89. The molecule has 0 amide bonds. The fourth-order valence-corrected chi connectivity index (χ4v) is 1.87. The Labute approximate surface area is 106 Å². The zero-order chi connectivity index (χ0) is 12.8. The average molecular weight is 247 g/mol. The van der Waals surface area contributed by atoms with E-state index in [4.69, 9.17) is 4.74 Å². The lowest BCUT2D eigenvalue weighted by Gasteiger charge is -2.14. The summed E-state index contributed by atoms with van der Waals surface area (Å²) in [5.74, 6) is 1.60. The third-order valence-electron chi connectivity index (χ3n) is 2.65. The van der Waals surface area contributed by atoms with E-state index in [9.17, 15) is 0 Å². The van der Waals surface area contributed by atoms with E-state index in [0.29, 0.717) is 12.4 Å². The van der Waals surface area contributed by atoms with Crippen molar-refractivity contribution in [1.29, 1.82) is 0 Å². The lowest BCUT2D eigenvalue weighted by atomic mass is 9.98. The number of hydrogen-bond donors (Lipinski definition) is 2. The van der Waals surface area contributed by atoms with Gasteiger partial charge in [-0.05, 0) is 31.7 Å². The number of H-pyrrole nitrogens is 1. The highest BCUT2D eigenvalue weighted by Crippen LogP contribution is 2.24. The number of aromatic nitrogens is 4. The van der Waals surface area contributed by atoms with Crippen molar-refractivity contribution in [2.75, 3.05) is 20.2 Å². The molecule has 0 spiro atoms. The third kappa shape index (κ3) is 2.84. The largest absolute Gasteiger partial charge is 0.494 e. The van der Waals surface area contributed by atoms with E-state index >= 15 is 0 Å². The van der Waals surface area contributed by atoms with Gasteiger partial charge >= 0.3 is 0 Å². The number of nitrogens with zero attached hydrogens (tertiary/aromatic N) is 3. The van der Waals surface area contributed by atoms with Gasteiger partial charge in [0.25, 0.3) is 0 Å². The molecule has 0 aliphatic rings. The number of benzene rings is 1. The Morgan fingerprint density at radius 2 is 2.33 bits per heavy atom. The van der Waals surface area contributed by atoms with Gasteiger partial charge in [0.2, 0.25) is 0 Å². The Balaban J connectivity index is 2.27. The summed E-state index contributed by atoms with van der Waals surface area (Å²) in [6.45, 7) is 3.37. The van der Waals surface area contributed by atoms with Crippen LogP contribution in [0.1, 0.15) is 24.2 Å². The summed E-state index contributed by atoms with van der Waals surface area (Å²) in [6.07, 6.45) is 0. The van der Waals surface area contributed by atoms with Gasteiger partial charge < -0.3 is 10.1 Å². The summed E-state index contributed by atoms with van der Waals surface area (Å²) in [5, 5.41) is 17.4. The molecule has 2 N–H and O–H groups in total. The minimum absolute atomic E-state index is 0.0640. The molecule has 1 unspecified atom stereocenters. The smallest absolute Gasteiger partial charge is 0.183 e. The topological polar surface area (TPSA) is 75.7 Å². The van der Waals surface area contributed by atoms with E-state index in [0.717, 1.165) is 17.9 Å². The van der Waals surface area contributed by atoms with E-state index in [1.807, 2.05) is 38.2 Å². The van der Waals surface area contributed by atoms with Crippen LogP contribution in [0.3, 0.4) is 0 Å². The number of tetrazole rings is 1. The Hall–Kier alpha value is -1.95. The maximum Gasteiger partial charge on any atom is 0.183 e. The first-order chi connectivity index (χ1) is 8.85. The van der Waals surface area contributed by atoms with E-state index in [1.165, 1.54) is 0 Å². The second-order valence-electron chi connectivity index (χ2n) is 3.89. The Morgan fingerprint density at radius 1 is 1.44 bits per heavy atom. The second kappa shape index (κ2) is 6.11. The molecule has 1 aromatic heterocycles. The van der Waals surface area contributed by atoms with E-state index in [-0.39, 0.29) is 5.92 Å².